The molecule has 0 unspecified atom stereocenters. The highest BCUT2D eigenvalue weighted by Crippen LogP contribution is 2.34. The second-order valence-corrected chi connectivity index (χ2v) is 8.05. The van der Waals surface area contributed by atoms with E-state index in [0.717, 1.165) is 5.25 Å². The second kappa shape index (κ2) is 6.17. The maximum Gasteiger partial charge on any atom is 0.246 e. The van der Waals surface area contributed by atoms with Crippen LogP contribution in [0.15, 0.2) is 29.2 Å². The van der Waals surface area contributed by atoms with Gasteiger partial charge in [-0.3, -0.25) is 4.72 Å². The number of nitrogens with one attached hydrogen (secondary N) is 1. The number of sulfonamides is 1. The van der Waals surface area contributed by atoms with Crippen LogP contribution in [0.4, 0.5) is 5.69 Å². The lowest BCUT2D eigenvalue weighted by molar-refractivity contribution is 0.605. The van der Waals surface area contributed by atoms with Crippen LogP contribution in [-0.4, -0.2) is 18.9 Å². The molecule has 3 nitrogen and oxygen atoms in total. The monoisotopic (exact) mass is 305 g/mol. The van der Waals surface area contributed by atoms with Crippen LogP contribution in [0.3, 0.4) is 0 Å². The minimum Gasteiger partial charge on any atom is -0.283 e. The van der Waals surface area contributed by atoms with Crippen LogP contribution in [0.5, 0.6) is 0 Å². The summed E-state index contributed by atoms with van der Waals surface area (Å²) in [5, 5.41) is 0.293. The molecule has 1 fully saturated rings. The molecule has 0 atom stereocenters. The lowest BCUT2D eigenvalue weighted by Crippen LogP contribution is -2.13. The summed E-state index contributed by atoms with van der Waals surface area (Å²) in [7, 11) is -3.40. The van der Waals surface area contributed by atoms with Crippen molar-refractivity contribution in [2.75, 3.05) is 9.93 Å². The molecule has 0 bridgehead atoms. The van der Waals surface area contributed by atoms with Crippen LogP contribution in [-0.2, 0) is 10.0 Å². The molecule has 1 aromatic carbocycles. The van der Waals surface area contributed by atoms with Gasteiger partial charge in [0.2, 0.25) is 10.0 Å². The average Bonchev–Trinajstić information content (AvgIpc) is 2.84. The maximum absolute atomic E-state index is 11.3. The quantitative estimate of drug-likeness (QED) is 0.844. The van der Waals surface area contributed by atoms with Gasteiger partial charge in [-0.05, 0) is 37.1 Å². The van der Waals surface area contributed by atoms with E-state index in [1.807, 2.05) is 23.9 Å². The van der Waals surface area contributed by atoms with Crippen molar-refractivity contribution in [1.29, 1.82) is 0 Å². The smallest absolute Gasteiger partial charge is 0.246 e. The Morgan fingerprint density at radius 3 is 2.39 bits per heavy atom. The first kappa shape index (κ1) is 14.0. The highest BCUT2D eigenvalue weighted by molar-refractivity contribution is 8.00. The molecule has 1 saturated carbocycles. The summed E-state index contributed by atoms with van der Waals surface area (Å²) in [6, 6.07) is 7.47. The van der Waals surface area contributed by atoms with E-state index in [0.29, 0.717) is 5.69 Å². The van der Waals surface area contributed by atoms with Crippen LogP contribution >= 0.6 is 23.4 Å². The second-order valence-electron chi connectivity index (χ2n) is 4.37. The van der Waals surface area contributed by atoms with Crippen molar-refractivity contribution in [3.63, 3.8) is 0 Å². The number of alkyl halides is 1. The van der Waals surface area contributed by atoms with Gasteiger partial charge in [-0.25, -0.2) is 8.42 Å². The SMILES string of the molecule is O=S(=O)(CCl)Nc1ccc(SC2CCCC2)cc1. The van der Waals surface area contributed by atoms with Crippen LogP contribution in [0.2, 0.25) is 0 Å². The van der Waals surface area contributed by atoms with E-state index in [2.05, 4.69) is 4.72 Å². The minimum atomic E-state index is -3.40. The molecule has 0 aliphatic heterocycles. The van der Waals surface area contributed by atoms with Gasteiger partial charge >= 0.3 is 0 Å². The topological polar surface area (TPSA) is 46.2 Å². The maximum atomic E-state index is 11.3. The van der Waals surface area contributed by atoms with E-state index in [1.54, 1.807) is 12.1 Å². The number of benzene rings is 1. The van der Waals surface area contributed by atoms with E-state index >= 15 is 0 Å². The van der Waals surface area contributed by atoms with Crippen molar-refractivity contribution in [2.24, 2.45) is 0 Å². The van der Waals surface area contributed by atoms with Crippen LogP contribution < -0.4 is 4.72 Å². The number of halogens is 1. The van der Waals surface area contributed by atoms with E-state index in [4.69, 9.17) is 11.6 Å². The molecule has 100 valence electrons. The van der Waals surface area contributed by atoms with Crippen molar-refractivity contribution >= 4 is 39.1 Å². The van der Waals surface area contributed by atoms with Crippen LogP contribution in [0.1, 0.15) is 25.7 Å². The zero-order valence-electron chi connectivity index (χ0n) is 9.93. The van der Waals surface area contributed by atoms with Gasteiger partial charge in [0.1, 0.15) is 5.21 Å². The molecule has 0 radical (unpaired) electrons. The highest BCUT2D eigenvalue weighted by Gasteiger charge is 2.16. The lowest BCUT2D eigenvalue weighted by Gasteiger charge is -2.10. The molecular formula is C12H16ClNO2S2. The molecule has 1 aliphatic rings. The van der Waals surface area contributed by atoms with Crippen molar-refractivity contribution in [1.82, 2.24) is 0 Å². The van der Waals surface area contributed by atoms with Crippen molar-refractivity contribution in [3.05, 3.63) is 24.3 Å². The molecule has 0 amide bonds. The molecule has 0 aromatic heterocycles. The minimum absolute atomic E-state index is 0.425. The number of anilines is 1. The third-order valence-corrected chi connectivity index (χ3v) is 5.92. The van der Waals surface area contributed by atoms with Crippen molar-refractivity contribution in [2.45, 2.75) is 35.8 Å². The average molecular weight is 306 g/mol. The predicted molar refractivity (Wildman–Crippen MR) is 77.8 cm³/mol. The first-order valence-electron chi connectivity index (χ1n) is 5.92. The Balaban J connectivity index is 1.96. The summed E-state index contributed by atoms with van der Waals surface area (Å²) in [5.41, 5.74) is 0.562. The number of hydrogen-bond acceptors (Lipinski definition) is 3. The van der Waals surface area contributed by atoms with Crippen LogP contribution in [0.25, 0.3) is 0 Å². The Morgan fingerprint density at radius 2 is 1.83 bits per heavy atom. The summed E-state index contributed by atoms with van der Waals surface area (Å²) in [6.45, 7) is 0. The molecule has 6 heteroatoms. The van der Waals surface area contributed by atoms with Gasteiger partial charge in [-0.15, -0.1) is 23.4 Å². The molecule has 1 N–H and O–H groups in total. The first-order valence-corrected chi connectivity index (χ1v) is 8.99. The van der Waals surface area contributed by atoms with Crippen molar-refractivity contribution in [3.8, 4) is 0 Å². The molecule has 1 aliphatic carbocycles. The highest BCUT2D eigenvalue weighted by atomic mass is 35.5. The zero-order chi connectivity index (χ0) is 13.0. The van der Waals surface area contributed by atoms with Gasteiger partial charge in [-0.2, -0.15) is 0 Å². The van der Waals surface area contributed by atoms with Crippen molar-refractivity contribution < 1.29 is 8.42 Å². The summed E-state index contributed by atoms with van der Waals surface area (Å²) in [5.74, 6) is 0. The fourth-order valence-electron chi connectivity index (χ4n) is 2.01. The first-order chi connectivity index (χ1) is 8.59. The predicted octanol–water partition coefficient (Wildman–Crippen LogP) is 3.66. The molecule has 1 aromatic rings. The molecule has 0 saturated heterocycles. The lowest BCUT2D eigenvalue weighted by atomic mass is 10.3. The molecular weight excluding hydrogens is 290 g/mol. The third-order valence-electron chi connectivity index (χ3n) is 2.88. The number of thioether (sulfide) groups is 1. The van der Waals surface area contributed by atoms with E-state index in [-0.39, 0.29) is 0 Å². The molecule has 0 spiro atoms. The normalized spacial score (nSPS) is 16.9. The largest absolute Gasteiger partial charge is 0.283 e. The van der Waals surface area contributed by atoms with Gasteiger partial charge < -0.3 is 0 Å². The van der Waals surface area contributed by atoms with E-state index in [1.165, 1.54) is 30.6 Å². The summed E-state index contributed by atoms with van der Waals surface area (Å²) >= 11 is 7.21. The summed E-state index contributed by atoms with van der Waals surface area (Å²) < 4.78 is 25.0. The van der Waals surface area contributed by atoms with Gasteiger partial charge in [0.05, 0.1) is 0 Å². The molecule has 18 heavy (non-hydrogen) atoms. The van der Waals surface area contributed by atoms with Gasteiger partial charge in [0.25, 0.3) is 0 Å². The number of hydrogen-bond donors (Lipinski definition) is 1. The standard InChI is InChI=1S/C12H16ClNO2S2/c13-9-18(15,16)14-10-5-7-12(8-6-10)17-11-3-1-2-4-11/h5-8,11,14H,1-4,9H2. The Morgan fingerprint density at radius 1 is 1.22 bits per heavy atom. The van der Waals surface area contributed by atoms with E-state index in [9.17, 15) is 8.42 Å². The Bertz CT molecular complexity index is 481. The Kier molecular flexibility index (Phi) is 4.81. The summed E-state index contributed by atoms with van der Waals surface area (Å²) in [6.07, 6.45) is 5.22. The Hall–Kier alpha value is -0.390. The third kappa shape index (κ3) is 4.07. The number of rotatable bonds is 5. The Labute approximate surface area is 117 Å². The van der Waals surface area contributed by atoms with Gasteiger partial charge in [0.15, 0.2) is 0 Å². The van der Waals surface area contributed by atoms with Gasteiger partial charge in [0, 0.05) is 15.8 Å². The fraction of sp³-hybridized carbons (Fsp3) is 0.500. The van der Waals surface area contributed by atoms with Crippen LogP contribution in [0, 0.1) is 0 Å². The van der Waals surface area contributed by atoms with E-state index < -0.39 is 15.2 Å². The molecule has 0 heterocycles. The zero-order valence-corrected chi connectivity index (χ0v) is 12.3. The fourth-order valence-corrected chi connectivity index (χ4v) is 3.97. The van der Waals surface area contributed by atoms with Gasteiger partial charge in [-0.1, -0.05) is 12.8 Å². The molecule has 2 rings (SSSR count). The summed E-state index contributed by atoms with van der Waals surface area (Å²) in [4.78, 5) is 1.19.